The fraction of sp³-hybridized carbons (Fsp3) is 0.357. The molecule has 2 N–H and O–H groups in total. The lowest BCUT2D eigenvalue weighted by atomic mass is 9.96. The number of aromatic nitrogens is 1. The summed E-state index contributed by atoms with van der Waals surface area (Å²) in [4.78, 5) is 22.9. The van der Waals surface area contributed by atoms with Gasteiger partial charge in [0.1, 0.15) is 11.2 Å². The van der Waals surface area contributed by atoms with Crippen LogP contribution >= 0.6 is 11.5 Å². The van der Waals surface area contributed by atoms with E-state index in [9.17, 15) is 22.8 Å². The zero-order chi connectivity index (χ0) is 17.4. The van der Waals surface area contributed by atoms with Crippen molar-refractivity contribution in [3.8, 4) is 0 Å². The first-order valence-corrected chi connectivity index (χ1v) is 7.28. The van der Waals surface area contributed by atoms with E-state index in [1.54, 1.807) is 30.4 Å². The molecule has 1 unspecified atom stereocenters. The van der Waals surface area contributed by atoms with Crippen molar-refractivity contribution in [2.24, 2.45) is 0 Å². The Kier molecular flexibility index (Phi) is 4.34. The molecule has 2 aromatic rings. The maximum atomic E-state index is 13.1. The molecule has 9 heteroatoms. The number of nitrogens with zero attached hydrogens (tertiary/aromatic N) is 1. The van der Waals surface area contributed by atoms with Crippen molar-refractivity contribution in [1.29, 1.82) is 0 Å². The number of rotatable bonds is 4. The molecule has 1 heterocycles. The van der Waals surface area contributed by atoms with Gasteiger partial charge < -0.3 is 10.4 Å². The molecule has 0 spiro atoms. The van der Waals surface area contributed by atoms with Crippen LogP contribution in [0.2, 0.25) is 0 Å². The monoisotopic (exact) mass is 346 g/mol. The number of hydrogen-bond acceptors (Lipinski definition) is 4. The zero-order valence-electron chi connectivity index (χ0n) is 12.2. The lowest BCUT2D eigenvalue weighted by Gasteiger charge is -2.31. The fourth-order valence-electron chi connectivity index (χ4n) is 2.04. The molecular formula is C14H13F3N2O3S. The van der Waals surface area contributed by atoms with Crippen LogP contribution in [0.25, 0.3) is 10.1 Å². The molecule has 23 heavy (non-hydrogen) atoms. The number of alkyl halides is 3. The maximum Gasteiger partial charge on any atom is 0.411 e. The number of fused-ring (bicyclic) bond motifs is 1. The second kappa shape index (κ2) is 5.80. The van der Waals surface area contributed by atoms with Gasteiger partial charge in [-0.15, -0.1) is 0 Å². The predicted molar refractivity (Wildman–Crippen MR) is 78.5 cm³/mol. The smallest absolute Gasteiger partial charge is 0.411 e. The summed E-state index contributed by atoms with van der Waals surface area (Å²) >= 11 is 0.990. The van der Waals surface area contributed by atoms with Gasteiger partial charge in [-0.3, -0.25) is 9.59 Å². The minimum atomic E-state index is -4.91. The normalized spacial score (nSPS) is 14.5. The molecule has 124 valence electrons. The van der Waals surface area contributed by atoms with Crippen LogP contribution in [0.15, 0.2) is 18.2 Å². The first-order valence-electron chi connectivity index (χ1n) is 6.50. The first-order chi connectivity index (χ1) is 10.5. The molecule has 0 fully saturated rings. The van der Waals surface area contributed by atoms with Crippen LogP contribution < -0.4 is 5.32 Å². The maximum absolute atomic E-state index is 13.1. The van der Waals surface area contributed by atoms with Gasteiger partial charge in [-0.25, -0.2) is 0 Å². The summed E-state index contributed by atoms with van der Waals surface area (Å²) in [6.45, 7) is 2.42. The van der Waals surface area contributed by atoms with Gasteiger partial charge >= 0.3 is 12.1 Å². The van der Waals surface area contributed by atoms with Crippen LogP contribution in [-0.2, 0) is 4.79 Å². The number of carbonyl (C=O) groups excluding carboxylic acids is 1. The number of carbonyl (C=O) groups is 2. The lowest BCUT2D eigenvalue weighted by molar-refractivity contribution is -0.194. The van der Waals surface area contributed by atoms with Crippen LogP contribution in [-0.4, -0.2) is 33.1 Å². The number of amides is 1. The SMILES string of the molecule is Cc1ccc2snc(C(=O)NC(C)(CC(=O)O)C(F)(F)F)c2c1. The van der Waals surface area contributed by atoms with Gasteiger partial charge in [0.25, 0.3) is 5.91 Å². The third kappa shape index (κ3) is 3.44. The van der Waals surface area contributed by atoms with Crippen LogP contribution in [0.5, 0.6) is 0 Å². The average Bonchev–Trinajstić information content (AvgIpc) is 2.79. The topological polar surface area (TPSA) is 79.3 Å². The number of hydrogen-bond donors (Lipinski definition) is 2. The number of aryl methyl sites for hydroxylation is 1. The quantitative estimate of drug-likeness (QED) is 0.891. The summed E-state index contributed by atoms with van der Waals surface area (Å²) in [6, 6.07) is 5.17. The van der Waals surface area contributed by atoms with E-state index in [0.717, 1.165) is 17.1 Å². The van der Waals surface area contributed by atoms with E-state index < -0.39 is 30.0 Å². The Labute approximate surface area is 133 Å². The highest BCUT2D eigenvalue weighted by Crippen LogP contribution is 2.34. The number of carboxylic acid groups (broad SMARTS) is 1. The minimum Gasteiger partial charge on any atom is -0.481 e. The molecule has 0 aliphatic heterocycles. The van der Waals surface area contributed by atoms with E-state index in [-0.39, 0.29) is 5.69 Å². The Morgan fingerprint density at radius 3 is 2.57 bits per heavy atom. The van der Waals surface area contributed by atoms with E-state index in [0.29, 0.717) is 17.0 Å². The van der Waals surface area contributed by atoms with Gasteiger partial charge in [0, 0.05) is 5.39 Å². The van der Waals surface area contributed by atoms with Crippen molar-refractivity contribution in [3.63, 3.8) is 0 Å². The number of halogens is 3. The summed E-state index contributed by atoms with van der Waals surface area (Å²) in [6.07, 6.45) is -6.19. The number of benzene rings is 1. The molecular weight excluding hydrogens is 333 g/mol. The summed E-state index contributed by atoms with van der Waals surface area (Å²) in [7, 11) is 0. The highest BCUT2D eigenvalue weighted by atomic mass is 32.1. The molecule has 1 atom stereocenters. The van der Waals surface area contributed by atoms with Gasteiger partial charge in [-0.2, -0.15) is 17.5 Å². The predicted octanol–water partition coefficient (Wildman–Crippen LogP) is 3.13. The molecule has 0 aliphatic carbocycles. The molecule has 0 saturated carbocycles. The molecule has 0 bridgehead atoms. The lowest BCUT2D eigenvalue weighted by Crippen LogP contribution is -2.57. The van der Waals surface area contributed by atoms with Crippen LogP contribution in [0, 0.1) is 6.92 Å². The molecule has 1 aromatic heterocycles. The number of nitrogens with one attached hydrogen (secondary N) is 1. The Hall–Kier alpha value is -2.16. The van der Waals surface area contributed by atoms with Crippen molar-refractivity contribution in [3.05, 3.63) is 29.5 Å². The van der Waals surface area contributed by atoms with Gasteiger partial charge in [0.15, 0.2) is 0 Å². The molecule has 0 aliphatic rings. The Bertz CT molecular complexity index is 772. The van der Waals surface area contributed by atoms with E-state index in [2.05, 4.69) is 4.37 Å². The molecule has 1 aromatic carbocycles. The van der Waals surface area contributed by atoms with Crippen molar-refractivity contribution in [2.75, 3.05) is 0 Å². The highest BCUT2D eigenvalue weighted by molar-refractivity contribution is 7.13. The van der Waals surface area contributed by atoms with Gasteiger partial charge in [0.2, 0.25) is 0 Å². The van der Waals surface area contributed by atoms with Gasteiger partial charge in [0.05, 0.1) is 11.1 Å². The molecule has 0 saturated heterocycles. The van der Waals surface area contributed by atoms with E-state index in [4.69, 9.17) is 5.11 Å². The Morgan fingerprint density at radius 1 is 1.35 bits per heavy atom. The second-order valence-electron chi connectivity index (χ2n) is 5.39. The third-order valence-corrected chi connectivity index (χ3v) is 4.19. The van der Waals surface area contributed by atoms with Gasteiger partial charge in [-0.1, -0.05) is 11.6 Å². The van der Waals surface area contributed by atoms with E-state index >= 15 is 0 Å². The minimum absolute atomic E-state index is 0.144. The Morgan fingerprint density at radius 2 is 2.00 bits per heavy atom. The molecule has 5 nitrogen and oxygen atoms in total. The molecule has 1 amide bonds. The summed E-state index contributed by atoms with van der Waals surface area (Å²) in [5.41, 5.74) is -2.19. The molecule has 0 radical (unpaired) electrons. The van der Waals surface area contributed by atoms with Crippen LogP contribution in [0.1, 0.15) is 29.4 Å². The summed E-state index contributed by atoms with van der Waals surface area (Å²) < 4.78 is 44.0. The second-order valence-corrected chi connectivity index (χ2v) is 6.19. The summed E-state index contributed by atoms with van der Waals surface area (Å²) in [5.74, 6) is -2.72. The van der Waals surface area contributed by atoms with Crippen LogP contribution in [0.4, 0.5) is 13.2 Å². The van der Waals surface area contributed by atoms with Crippen molar-refractivity contribution in [2.45, 2.75) is 32.0 Å². The highest BCUT2D eigenvalue weighted by Gasteiger charge is 2.53. The fourth-order valence-corrected chi connectivity index (χ4v) is 2.80. The van der Waals surface area contributed by atoms with Crippen molar-refractivity contribution in [1.82, 2.24) is 9.69 Å². The first kappa shape index (κ1) is 17.2. The van der Waals surface area contributed by atoms with Crippen molar-refractivity contribution < 1.29 is 27.9 Å². The number of carboxylic acids is 1. The Balaban J connectivity index is 2.38. The van der Waals surface area contributed by atoms with Gasteiger partial charge in [-0.05, 0) is 37.5 Å². The van der Waals surface area contributed by atoms with E-state index in [1.807, 2.05) is 0 Å². The zero-order valence-corrected chi connectivity index (χ0v) is 13.0. The number of aliphatic carboxylic acids is 1. The summed E-state index contributed by atoms with van der Waals surface area (Å²) in [5, 5.41) is 10.9. The van der Waals surface area contributed by atoms with Crippen LogP contribution in [0.3, 0.4) is 0 Å². The average molecular weight is 346 g/mol. The third-order valence-electron chi connectivity index (χ3n) is 3.36. The molecule has 2 rings (SSSR count). The standard InChI is InChI=1S/C14H13F3N2O3S/c1-7-3-4-9-8(5-7)11(19-23-9)12(22)18-13(2,6-10(20)21)14(15,16)17/h3-5H,6H2,1-2H3,(H,18,22)(H,20,21). The van der Waals surface area contributed by atoms with E-state index in [1.165, 1.54) is 0 Å². The largest absolute Gasteiger partial charge is 0.481 e. The van der Waals surface area contributed by atoms with Crippen molar-refractivity contribution >= 4 is 33.5 Å².